The van der Waals surface area contributed by atoms with Crippen molar-refractivity contribution in [2.75, 3.05) is 46.6 Å². The summed E-state index contributed by atoms with van der Waals surface area (Å²) < 4.78 is 5.32. The number of carbonyl (C=O) groups excluding carboxylic acids is 1. The lowest BCUT2D eigenvalue weighted by molar-refractivity contribution is -0.884. The number of quaternary nitrogens is 1. The van der Waals surface area contributed by atoms with Gasteiger partial charge in [0.2, 0.25) is 0 Å². The lowest BCUT2D eigenvalue weighted by Gasteiger charge is -2.30. The highest BCUT2D eigenvalue weighted by Crippen LogP contribution is 2.25. The Morgan fingerprint density at radius 1 is 1.40 bits per heavy atom. The van der Waals surface area contributed by atoms with Crippen LogP contribution in [0, 0.1) is 0 Å². The molecule has 6 heteroatoms. The van der Waals surface area contributed by atoms with Crippen LogP contribution >= 0.6 is 11.8 Å². The van der Waals surface area contributed by atoms with Crippen LogP contribution in [0.3, 0.4) is 0 Å². The second-order valence-corrected chi connectivity index (χ2v) is 5.83. The van der Waals surface area contributed by atoms with Gasteiger partial charge in [-0.1, -0.05) is 0 Å². The number of nitrogens with zero attached hydrogens (tertiary/aromatic N) is 1. The van der Waals surface area contributed by atoms with Crippen molar-refractivity contribution in [2.24, 2.45) is 0 Å². The molecule has 1 aromatic rings. The molecule has 0 aromatic heterocycles. The number of nitrogens with one attached hydrogen (secondary N) is 2. The van der Waals surface area contributed by atoms with Crippen molar-refractivity contribution >= 4 is 17.7 Å². The molecule has 20 heavy (non-hydrogen) atoms. The lowest BCUT2D eigenvalue weighted by Crippen LogP contribution is -3.12. The molecular formula is C14H22N3O2S+. The van der Waals surface area contributed by atoms with E-state index in [9.17, 15) is 4.79 Å². The van der Waals surface area contributed by atoms with Crippen molar-refractivity contribution < 1.29 is 14.4 Å². The summed E-state index contributed by atoms with van der Waals surface area (Å²) in [6.07, 6.45) is 2.00. The van der Waals surface area contributed by atoms with Crippen LogP contribution in [0.2, 0.25) is 0 Å². The van der Waals surface area contributed by atoms with Crippen LogP contribution in [-0.4, -0.2) is 57.5 Å². The highest BCUT2D eigenvalue weighted by Gasteiger charge is 2.20. The predicted molar refractivity (Wildman–Crippen MR) is 80.4 cm³/mol. The molecule has 1 aliphatic heterocycles. The van der Waals surface area contributed by atoms with Crippen LogP contribution in [-0.2, 0) is 0 Å². The summed E-state index contributed by atoms with van der Waals surface area (Å²) in [5.41, 5.74) is 3.54. The van der Waals surface area contributed by atoms with Crippen LogP contribution in [0.1, 0.15) is 10.4 Å². The monoisotopic (exact) mass is 296 g/mol. The number of hydrogen-bond acceptors (Lipinski definition) is 4. The fraction of sp³-hybridized carbons (Fsp3) is 0.500. The molecule has 0 bridgehead atoms. The Labute approximate surface area is 124 Å². The molecule has 1 saturated heterocycles. The smallest absolute Gasteiger partial charge is 0.269 e. The first-order chi connectivity index (χ1) is 9.63. The summed E-state index contributed by atoms with van der Waals surface area (Å²) in [5.74, 6) is 0.517. The molecule has 1 aromatic carbocycles. The number of benzene rings is 1. The standard InChI is InChI=1S/C14H21N3O2S/c1-16-6-8-17(9-7-16)15-14(18)12-5-4-11(20-3)10-13(12)19-2/h4-5,10H,6-9H2,1-3H3,(H,15,18)/p+1. The van der Waals surface area contributed by atoms with Gasteiger partial charge in [0.15, 0.2) is 0 Å². The molecular weight excluding hydrogens is 274 g/mol. The largest absolute Gasteiger partial charge is 0.496 e. The third-order valence-electron chi connectivity index (χ3n) is 3.53. The minimum Gasteiger partial charge on any atom is -0.496 e. The van der Waals surface area contributed by atoms with E-state index < -0.39 is 0 Å². The minimum atomic E-state index is -0.103. The zero-order valence-electron chi connectivity index (χ0n) is 12.2. The fourth-order valence-corrected chi connectivity index (χ4v) is 2.62. The van der Waals surface area contributed by atoms with Gasteiger partial charge in [0, 0.05) is 4.90 Å². The molecule has 1 fully saturated rings. The van der Waals surface area contributed by atoms with Gasteiger partial charge in [-0.2, -0.15) is 0 Å². The highest BCUT2D eigenvalue weighted by molar-refractivity contribution is 7.98. The first-order valence-electron chi connectivity index (χ1n) is 6.73. The average molecular weight is 296 g/mol. The molecule has 5 nitrogen and oxygen atoms in total. The number of hydrogen-bond donors (Lipinski definition) is 2. The average Bonchev–Trinajstić information content (AvgIpc) is 2.48. The van der Waals surface area contributed by atoms with E-state index in [1.807, 2.05) is 29.5 Å². The van der Waals surface area contributed by atoms with E-state index in [-0.39, 0.29) is 5.91 Å². The highest BCUT2D eigenvalue weighted by atomic mass is 32.2. The number of hydrazine groups is 1. The van der Waals surface area contributed by atoms with E-state index >= 15 is 0 Å². The van der Waals surface area contributed by atoms with Gasteiger partial charge in [0.1, 0.15) is 5.75 Å². The Bertz CT molecular complexity index is 473. The van der Waals surface area contributed by atoms with Gasteiger partial charge >= 0.3 is 0 Å². The molecule has 2 rings (SSSR count). The Balaban J connectivity index is 2.05. The van der Waals surface area contributed by atoms with E-state index in [2.05, 4.69) is 12.5 Å². The topological polar surface area (TPSA) is 46.0 Å². The molecule has 0 radical (unpaired) electrons. The number of ether oxygens (including phenoxy) is 1. The van der Waals surface area contributed by atoms with Crippen molar-refractivity contribution in [1.29, 1.82) is 0 Å². The van der Waals surface area contributed by atoms with Gasteiger partial charge in [0.25, 0.3) is 5.91 Å². The SMILES string of the molecule is COc1cc(SC)ccc1C(=O)NN1CC[NH+](C)CC1. The van der Waals surface area contributed by atoms with E-state index in [1.54, 1.807) is 18.9 Å². The third kappa shape index (κ3) is 3.65. The third-order valence-corrected chi connectivity index (χ3v) is 4.26. The van der Waals surface area contributed by atoms with E-state index in [1.165, 1.54) is 4.90 Å². The number of rotatable bonds is 4. The summed E-state index contributed by atoms with van der Waals surface area (Å²) in [6, 6.07) is 5.66. The predicted octanol–water partition coefficient (Wildman–Crippen LogP) is -0.108. The van der Waals surface area contributed by atoms with Crippen LogP contribution in [0.5, 0.6) is 5.75 Å². The second kappa shape index (κ2) is 6.97. The van der Waals surface area contributed by atoms with Gasteiger partial charge in [-0.3, -0.25) is 10.2 Å². The second-order valence-electron chi connectivity index (χ2n) is 4.95. The number of likely N-dealkylation sites (N-methyl/N-ethyl adjacent to an activating group) is 1. The molecule has 0 spiro atoms. The van der Waals surface area contributed by atoms with Crippen LogP contribution in [0.15, 0.2) is 23.1 Å². The van der Waals surface area contributed by atoms with Crippen LogP contribution in [0.25, 0.3) is 0 Å². The maximum absolute atomic E-state index is 12.3. The van der Waals surface area contributed by atoms with Crippen molar-refractivity contribution in [3.63, 3.8) is 0 Å². The zero-order valence-corrected chi connectivity index (χ0v) is 13.0. The van der Waals surface area contributed by atoms with Crippen molar-refractivity contribution in [1.82, 2.24) is 10.4 Å². The minimum absolute atomic E-state index is 0.103. The summed E-state index contributed by atoms with van der Waals surface area (Å²) in [7, 11) is 3.76. The van der Waals surface area contributed by atoms with E-state index in [0.29, 0.717) is 11.3 Å². The normalized spacial score (nSPS) is 16.9. The number of piperazine rings is 1. The molecule has 110 valence electrons. The summed E-state index contributed by atoms with van der Waals surface area (Å²) in [4.78, 5) is 14.9. The summed E-state index contributed by atoms with van der Waals surface area (Å²) in [5, 5.41) is 1.98. The zero-order chi connectivity index (χ0) is 14.5. The molecule has 0 atom stereocenters. The first-order valence-corrected chi connectivity index (χ1v) is 7.95. The quantitative estimate of drug-likeness (QED) is 0.761. The Morgan fingerprint density at radius 2 is 2.10 bits per heavy atom. The van der Waals surface area contributed by atoms with Crippen molar-refractivity contribution in [3.05, 3.63) is 23.8 Å². The van der Waals surface area contributed by atoms with Crippen molar-refractivity contribution in [3.8, 4) is 5.75 Å². The Kier molecular flexibility index (Phi) is 5.28. The Hall–Kier alpha value is -1.24. The Morgan fingerprint density at radius 3 is 2.70 bits per heavy atom. The van der Waals surface area contributed by atoms with E-state index in [0.717, 1.165) is 31.1 Å². The van der Waals surface area contributed by atoms with Gasteiger partial charge in [-0.15, -0.1) is 11.8 Å². The number of amides is 1. The number of carbonyl (C=O) groups is 1. The van der Waals surface area contributed by atoms with E-state index in [4.69, 9.17) is 4.74 Å². The molecule has 0 aliphatic carbocycles. The molecule has 2 N–H and O–H groups in total. The van der Waals surface area contributed by atoms with Gasteiger partial charge in [-0.05, 0) is 24.5 Å². The summed E-state index contributed by atoms with van der Waals surface area (Å²) >= 11 is 1.63. The van der Waals surface area contributed by atoms with Crippen LogP contribution < -0.4 is 15.1 Å². The first kappa shape index (κ1) is 15.2. The van der Waals surface area contributed by atoms with Gasteiger partial charge in [-0.25, -0.2) is 5.01 Å². The molecule has 1 heterocycles. The molecule has 0 unspecified atom stereocenters. The maximum Gasteiger partial charge on any atom is 0.269 e. The van der Waals surface area contributed by atoms with Crippen LogP contribution in [0.4, 0.5) is 0 Å². The lowest BCUT2D eigenvalue weighted by atomic mass is 10.2. The molecule has 0 saturated carbocycles. The molecule has 1 amide bonds. The number of methoxy groups -OCH3 is 1. The van der Waals surface area contributed by atoms with Crippen molar-refractivity contribution in [2.45, 2.75) is 4.90 Å². The van der Waals surface area contributed by atoms with Gasteiger partial charge in [0.05, 0.1) is 45.9 Å². The maximum atomic E-state index is 12.3. The fourth-order valence-electron chi connectivity index (χ4n) is 2.19. The summed E-state index contributed by atoms with van der Waals surface area (Å²) in [6.45, 7) is 3.84. The number of thioether (sulfide) groups is 1. The molecule has 1 aliphatic rings. The van der Waals surface area contributed by atoms with Gasteiger partial charge < -0.3 is 9.64 Å².